The molecule has 1 atom stereocenters. The van der Waals surface area contributed by atoms with E-state index in [1.807, 2.05) is 13.8 Å². The van der Waals surface area contributed by atoms with Gasteiger partial charge in [0.15, 0.2) is 6.04 Å². The van der Waals surface area contributed by atoms with Crippen LogP contribution in [0.3, 0.4) is 0 Å². The van der Waals surface area contributed by atoms with Crippen molar-refractivity contribution in [2.24, 2.45) is 0 Å². The lowest BCUT2D eigenvalue weighted by Gasteiger charge is -2.42. The van der Waals surface area contributed by atoms with E-state index in [9.17, 15) is 8.78 Å². The lowest BCUT2D eigenvalue weighted by molar-refractivity contribution is -0.197. The number of hydrogen-bond acceptors (Lipinski definition) is 2. The Bertz CT molecular complexity index is 193. The first-order valence-electron chi connectivity index (χ1n) is 5.06. The molecule has 0 aromatic rings. The van der Waals surface area contributed by atoms with Gasteiger partial charge in [-0.25, -0.2) is 4.90 Å². The highest BCUT2D eigenvalue weighted by atomic mass is 19.3. The summed E-state index contributed by atoms with van der Waals surface area (Å²) >= 11 is 0. The molecule has 0 amide bonds. The number of rotatable bonds is 2. The van der Waals surface area contributed by atoms with Crippen molar-refractivity contribution in [2.75, 3.05) is 19.6 Å². The average Bonchev–Trinajstić information content (AvgIpc) is 2.01. The molecule has 1 saturated heterocycles. The number of hydrogen-bond donors (Lipinski definition) is 0. The Morgan fingerprint density at radius 3 is 2.14 bits per heavy atom. The summed E-state index contributed by atoms with van der Waals surface area (Å²) in [5.41, 5.74) is 0. The number of nitrogens with zero attached hydrogens (tertiary/aromatic N) is 2. The van der Waals surface area contributed by atoms with Crippen molar-refractivity contribution in [1.82, 2.24) is 9.80 Å². The molecule has 14 heavy (non-hydrogen) atoms. The molecule has 1 unspecified atom stereocenters. The van der Waals surface area contributed by atoms with Crippen LogP contribution >= 0.6 is 0 Å². The van der Waals surface area contributed by atoms with Gasteiger partial charge in [-0.05, 0) is 20.8 Å². The van der Waals surface area contributed by atoms with Crippen LogP contribution in [0.2, 0.25) is 0 Å². The highest BCUT2D eigenvalue weighted by molar-refractivity contribution is 4.86. The summed E-state index contributed by atoms with van der Waals surface area (Å²) in [4.78, 5) is 2.98. The second kappa shape index (κ2) is 4.03. The summed E-state index contributed by atoms with van der Waals surface area (Å²) in [6, 6.07) is -2.88. The van der Waals surface area contributed by atoms with Crippen molar-refractivity contribution in [2.45, 2.75) is 38.9 Å². The fraction of sp³-hybridized carbons (Fsp3) is 0.900. The van der Waals surface area contributed by atoms with Crippen molar-refractivity contribution >= 4 is 0 Å². The molecule has 0 aromatic carbocycles. The molecule has 0 spiro atoms. The quantitative estimate of drug-likeness (QED) is 0.501. The van der Waals surface area contributed by atoms with Crippen molar-refractivity contribution in [3.8, 4) is 0 Å². The van der Waals surface area contributed by atoms with Gasteiger partial charge in [-0.3, -0.25) is 4.90 Å². The van der Waals surface area contributed by atoms with Crippen molar-refractivity contribution in [1.29, 1.82) is 0 Å². The molecule has 0 saturated carbocycles. The van der Waals surface area contributed by atoms with Gasteiger partial charge in [0.25, 0.3) is 0 Å². The van der Waals surface area contributed by atoms with Gasteiger partial charge in [-0.1, -0.05) is 0 Å². The summed E-state index contributed by atoms with van der Waals surface area (Å²) in [5.74, 6) is 0. The first kappa shape index (κ1) is 11.7. The molecule has 0 aromatic heterocycles. The third kappa shape index (κ3) is 2.36. The summed E-state index contributed by atoms with van der Waals surface area (Å²) in [7, 11) is 0. The van der Waals surface area contributed by atoms with Crippen LogP contribution in [0, 0.1) is 6.92 Å². The first-order valence-corrected chi connectivity index (χ1v) is 5.06. The van der Waals surface area contributed by atoms with E-state index in [1.54, 1.807) is 11.8 Å². The third-order valence-corrected chi connectivity index (χ3v) is 2.70. The molecule has 0 N–H and O–H groups in total. The number of halogens is 2. The van der Waals surface area contributed by atoms with Gasteiger partial charge >= 0.3 is 6.05 Å². The lowest BCUT2D eigenvalue weighted by Crippen LogP contribution is -2.60. The maximum Gasteiger partial charge on any atom is 0.320 e. The Kier molecular flexibility index (Phi) is 3.37. The van der Waals surface area contributed by atoms with Crippen LogP contribution in [-0.2, 0) is 0 Å². The van der Waals surface area contributed by atoms with E-state index in [4.69, 9.17) is 0 Å². The molecular formula is C10H19F2N2+. The topological polar surface area (TPSA) is 6.48 Å². The number of piperazine rings is 1. The van der Waals surface area contributed by atoms with Crippen LogP contribution in [0.5, 0.6) is 0 Å². The first-order chi connectivity index (χ1) is 6.34. The fourth-order valence-electron chi connectivity index (χ4n) is 1.80. The maximum absolute atomic E-state index is 13.6. The standard InChI is InChI=1S/C10H19F2N2/c1-8(2)13-5-6-14(9(3)4)10(11,12)7-13/h8-9H,3,5-7H2,1-2,4H3/q+1. The minimum absolute atomic E-state index is 0.176. The zero-order chi connectivity index (χ0) is 10.9. The van der Waals surface area contributed by atoms with Crippen LogP contribution in [-0.4, -0.2) is 47.6 Å². The minimum Gasteiger partial charge on any atom is -0.293 e. The Labute approximate surface area is 84.9 Å². The van der Waals surface area contributed by atoms with E-state index in [1.165, 1.54) is 4.90 Å². The van der Waals surface area contributed by atoms with Crippen LogP contribution in [0.25, 0.3) is 0 Å². The zero-order valence-electron chi connectivity index (χ0n) is 9.13. The Morgan fingerprint density at radius 1 is 1.21 bits per heavy atom. The van der Waals surface area contributed by atoms with E-state index < -0.39 is 6.05 Å². The molecule has 1 heterocycles. The van der Waals surface area contributed by atoms with Crippen LogP contribution in [0.1, 0.15) is 20.8 Å². The molecule has 0 bridgehead atoms. The Hall–Kier alpha value is -0.350. The van der Waals surface area contributed by atoms with Gasteiger partial charge in [-0.2, -0.15) is 8.78 Å². The summed E-state index contributed by atoms with van der Waals surface area (Å²) in [6.45, 7) is 10.2. The predicted octanol–water partition coefficient (Wildman–Crippen LogP) is 1.83. The van der Waals surface area contributed by atoms with E-state index in [2.05, 4.69) is 6.92 Å². The second-order valence-electron chi connectivity index (χ2n) is 4.27. The molecule has 82 valence electrons. The minimum atomic E-state index is -2.73. The zero-order valence-corrected chi connectivity index (χ0v) is 9.13. The normalized spacial score (nSPS) is 26.7. The van der Waals surface area contributed by atoms with Crippen LogP contribution < -0.4 is 0 Å². The lowest BCUT2D eigenvalue weighted by atomic mass is 10.2. The van der Waals surface area contributed by atoms with E-state index in [0.29, 0.717) is 13.1 Å². The van der Waals surface area contributed by atoms with E-state index in [-0.39, 0.29) is 18.6 Å². The molecule has 1 aliphatic rings. The maximum atomic E-state index is 13.6. The second-order valence-corrected chi connectivity index (χ2v) is 4.27. The van der Waals surface area contributed by atoms with Gasteiger partial charge < -0.3 is 0 Å². The van der Waals surface area contributed by atoms with Gasteiger partial charge in [-0.15, -0.1) is 0 Å². The average molecular weight is 205 g/mol. The molecule has 1 rings (SSSR count). The highest BCUT2D eigenvalue weighted by Crippen LogP contribution is 2.27. The third-order valence-electron chi connectivity index (χ3n) is 2.70. The molecule has 2 nitrogen and oxygen atoms in total. The molecule has 0 radical (unpaired) electrons. The molecule has 0 aliphatic carbocycles. The predicted molar refractivity (Wildman–Crippen MR) is 53.2 cm³/mol. The summed E-state index contributed by atoms with van der Waals surface area (Å²) in [5, 5.41) is 0. The molecule has 1 aliphatic heterocycles. The van der Waals surface area contributed by atoms with Crippen molar-refractivity contribution in [3.63, 3.8) is 0 Å². The Balaban J connectivity index is 2.65. The molecular weight excluding hydrogens is 186 g/mol. The van der Waals surface area contributed by atoms with E-state index >= 15 is 0 Å². The number of alkyl halides is 2. The summed E-state index contributed by atoms with van der Waals surface area (Å²) < 4.78 is 27.1. The van der Waals surface area contributed by atoms with Crippen molar-refractivity contribution < 1.29 is 8.78 Å². The Morgan fingerprint density at radius 2 is 1.79 bits per heavy atom. The van der Waals surface area contributed by atoms with Crippen molar-refractivity contribution in [3.05, 3.63) is 6.92 Å². The monoisotopic (exact) mass is 205 g/mol. The van der Waals surface area contributed by atoms with Gasteiger partial charge in [0.1, 0.15) is 0 Å². The van der Waals surface area contributed by atoms with Crippen LogP contribution in [0.4, 0.5) is 8.78 Å². The smallest absolute Gasteiger partial charge is 0.293 e. The largest absolute Gasteiger partial charge is 0.320 e. The molecule has 1 fully saturated rings. The van der Waals surface area contributed by atoms with Crippen LogP contribution in [0.15, 0.2) is 0 Å². The highest BCUT2D eigenvalue weighted by Gasteiger charge is 2.45. The molecule has 4 heteroatoms. The SMILES string of the molecule is [CH2+]C(C)N1CCN(C(C)C)CC1(F)F. The summed E-state index contributed by atoms with van der Waals surface area (Å²) in [6.07, 6.45) is 0. The van der Waals surface area contributed by atoms with Gasteiger partial charge in [0.05, 0.1) is 13.5 Å². The van der Waals surface area contributed by atoms with E-state index in [0.717, 1.165) is 0 Å². The van der Waals surface area contributed by atoms with Gasteiger partial charge in [0, 0.05) is 19.1 Å². The van der Waals surface area contributed by atoms with Gasteiger partial charge in [0.2, 0.25) is 0 Å². The fourth-order valence-corrected chi connectivity index (χ4v) is 1.80.